The molecule has 1 atom stereocenters. The molecule has 1 heterocycles. The second kappa shape index (κ2) is 7.69. The number of aromatic nitrogens is 2. The minimum atomic E-state index is -4.96. The van der Waals surface area contributed by atoms with E-state index in [1.165, 1.54) is 25.3 Å². The molecular weight excluding hydrogens is 417 g/mol. The molecule has 1 amide bonds. The molecule has 2 rings (SSSR count). The summed E-state index contributed by atoms with van der Waals surface area (Å²) in [5, 5.41) is 11.9. The molecule has 2 N–H and O–H groups in total. The molecule has 1 aromatic heterocycles. The number of nitrogens with zero attached hydrogens (tertiary/aromatic N) is 2. The molecule has 0 saturated carbocycles. The monoisotopic (exact) mass is 429 g/mol. The first-order valence-corrected chi connectivity index (χ1v) is 10.3. The van der Waals surface area contributed by atoms with E-state index in [9.17, 15) is 18.4 Å². The second-order valence-corrected chi connectivity index (χ2v) is 9.32. The molecule has 9 nitrogen and oxygen atoms in total. The average molecular weight is 430 g/mol. The molecule has 0 saturated heterocycles. The van der Waals surface area contributed by atoms with Crippen LogP contribution in [-0.2, 0) is 16.0 Å². The second-order valence-electron chi connectivity index (χ2n) is 4.66. The van der Waals surface area contributed by atoms with Gasteiger partial charge in [-0.15, -0.1) is 0 Å². The molecule has 0 bridgehead atoms. The van der Waals surface area contributed by atoms with E-state index in [1.807, 2.05) is 0 Å². The zero-order valence-electron chi connectivity index (χ0n) is 13.1. The summed E-state index contributed by atoms with van der Waals surface area (Å²) in [4.78, 5) is 30.9. The number of rotatable bonds is 5. The van der Waals surface area contributed by atoms with E-state index >= 15 is 0 Å². The number of halogens is 1. The predicted octanol–water partition coefficient (Wildman–Crippen LogP) is 0.874. The van der Waals surface area contributed by atoms with Gasteiger partial charge >= 0.3 is 150 Å². The van der Waals surface area contributed by atoms with Crippen molar-refractivity contribution >= 4 is 47.7 Å². The maximum atomic E-state index is 13.1. The van der Waals surface area contributed by atoms with Crippen LogP contribution in [-0.4, -0.2) is 48.2 Å². The summed E-state index contributed by atoms with van der Waals surface area (Å²) in [5.41, 5.74) is -0.284. The zero-order chi connectivity index (χ0) is 18.6. The van der Waals surface area contributed by atoms with Crippen LogP contribution in [0.15, 0.2) is 30.7 Å². The summed E-state index contributed by atoms with van der Waals surface area (Å²) in [6.07, 6.45) is 2.26. The fourth-order valence-electron chi connectivity index (χ4n) is 1.85. The number of benzene rings is 1. The molecule has 11 heteroatoms. The number of phenols is 1. The summed E-state index contributed by atoms with van der Waals surface area (Å²) < 4.78 is 23.0. The van der Waals surface area contributed by atoms with E-state index in [2.05, 4.69) is 15.3 Å². The van der Waals surface area contributed by atoms with Gasteiger partial charge in [-0.25, -0.2) is 0 Å². The minimum absolute atomic E-state index is 0.00145. The van der Waals surface area contributed by atoms with E-state index in [1.54, 1.807) is 0 Å². The van der Waals surface area contributed by atoms with Gasteiger partial charge in [0.2, 0.25) is 0 Å². The quantitative estimate of drug-likeness (QED) is 0.670. The molecule has 0 spiro atoms. The number of amides is 1. The fraction of sp³-hybridized carbons (Fsp3) is 0.143. The van der Waals surface area contributed by atoms with E-state index < -0.39 is 26.0 Å². The summed E-state index contributed by atoms with van der Waals surface area (Å²) in [6, 6.07) is 3.62. The summed E-state index contributed by atoms with van der Waals surface area (Å²) in [6.45, 7) is 1.23. The van der Waals surface area contributed by atoms with Gasteiger partial charge in [0.25, 0.3) is 0 Å². The third-order valence-corrected chi connectivity index (χ3v) is 7.08. The summed E-state index contributed by atoms with van der Waals surface area (Å²) in [5.74, 6) is -1.73. The van der Waals surface area contributed by atoms with Crippen LogP contribution in [0.2, 0.25) is 5.02 Å². The van der Waals surface area contributed by atoms with Crippen molar-refractivity contribution in [1.82, 2.24) is 9.97 Å². The third-order valence-electron chi connectivity index (χ3n) is 2.89. The zero-order valence-corrected chi connectivity index (χ0v) is 15.7. The number of carbonyl (C=O) groups excluding carboxylic acids is 2. The number of phenolic OH excluding ortho intramolecular Hbond substituents is 1. The van der Waals surface area contributed by atoms with Crippen LogP contribution in [0.1, 0.15) is 17.4 Å². The van der Waals surface area contributed by atoms with Crippen LogP contribution in [0.4, 0.5) is 5.69 Å². The molecule has 25 heavy (non-hydrogen) atoms. The van der Waals surface area contributed by atoms with Crippen molar-refractivity contribution in [3.8, 4) is 5.75 Å². The number of nitrogens with one attached hydrogen (secondary N) is 1. The van der Waals surface area contributed by atoms with Gasteiger partial charge in [0.15, 0.2) is 0 Å². The Kier molecular flexibility index (Phi) is 5.84. The first-order chi connectivity index (χ1) is 11.8. The molecule has 2 aromatic rings. The van der Waals surface area contributed by atoms with E-state index in [4.69, 9.17) is 19.1 Å². The molecule has 0 radical (unpaired) electrons. The number of hydrogen-bond donors (Lipinski definition) is 2. The van der Waals surface area contributed by atoms with Crippen molar-refractivity contribution in [2.75, 3.05) is 12.4 Å². The standard InChI is InChI=1S/C14H13AsClN3O6/c1-8(20)19-12-5-9(21)3-4-10(12)15(23,24-2)25-14(22)13-11(16)6-17-7-18-13/h3-7,21H,1-2H3,(H,19,20). The van der Waals surface area contributed by atoms with Crippen molar-refractivity contribution in [2.24, 2.45) is 0 Å². The van der Waals surface area contributed by atoms with Crippen molar-refractivity contribution < 1.29 is 25.9 Å². The Morgan fingerprint density at radius 1 is 1.36 bits per heavy atom. The summed E-state index contributed by atoms with van der Waals surface area (Å²) in [7, 11) is 1.10. The Labute approximate surface area is 150 Å². The average Bonchev–Trinajstić information content (AvgIpc) is 2.54. The molecule has 0 aliphatic carbocycles. The molecule has 0 fully saturated rings. The van der Waals surface area contributed by atoms with E-state index in [0.717, 1.165) is 19.5 Å². The van der Waals surface area contributed by atoms with Crippen LogP contribution in [0.5, 0.6) is 5.75 Å². The maximum absolute atomic E-state index is 13.1. The number of carbonyl (C=O) groups is 2. The van der Waals surface area contributed by atoms with Crippen molar-refractivity contribution in [3.05, 3.63) is 41.4 Å². The van der Waals surface area contributed by atoms with E-state index in [0.29, 0.717) is 0 Å². The Morgan fingerprint density at radius 3 is 2.68 bits per heavy atom. The predicted molar refractivity (Wildman–Crippen MR) is 88.0 cm³/mol. The van der Waals surface area contributed by atoms with Crippen molar-refractivity contribution in [1.29, 1.82) is 0 Å². The Morgan fingerprint density at radius 2 is 2.08 bits per heavy atom. The van der Waals surface area contributed by atoms with Crippen LogP contribution in [0.3, 0.4) is 0 Å². The van der Waals surface area contributed by atoms with Gasteiger partial charge in [0.1, 0.15) is 0 Å². The van der Waals surface area contributed by atoms with Gasteiger partial charge in [-0.1, -0.05) is 0 Å². The summed E-state index contributed by atoms with van der Waals surface area (Å²) >= 11 is 0.862. The van der Waals surface area contributed by atoms with Gasteiger partial charge < -0.3 is 0 Å². The number of hydrogen-bond acceptors (Lipinski definition) is 8. The topological polar surface area (TPSA) is 128 Å². The van der Waals surface area contributed by atoms with Gasteiger partial charge in [-0.3, -0.25) is 0 Å². The van der Waals surface area contributed by atoms with E-state index in [-0.39, 0.29) is 26.5 Å². The first kappa shape index (κ1) is 19.0. The molecule has 1 aromatic carbocycles. The Hall–Kier alpha value is -2.35. The molecular formula is C14H13AsClN3O6. The SMILES string of the molecule is CO[As](=O)(OC(=O)c1ncncc1Cl)c1ccc(O)cc1NC(C)=O. The molecule has 0 aliphatic rings. The molecule has 0 aliphatic heterocycles. The molecule has 1 unspecified atom stereocenters. The van der Waals surface area contributed by atoms with Crippen LogP contribution >= 0.6 is 11.6 Å². The van der Waals surface area contributed by atoms with Gasteiger partial charge in [-0.05, 0) is 0 Å². The van der Waals surface area contributed by atoms with Gasteiger partial charge in [0.05, 0.1) is 0 Å². The Balaban J connectivity index is 2.44. The van der Waals surface area contributed by atoms with Crippen molar-refractivity contribution in [3.63, 3.8) is 0 Å². The van der Waals surface area contributed by atoms with Crippen LogP contribution in [0.25, 0.3) is 0 Å². The normalized spacial score (nSPS) is 12.9. The van der Waals surface area contributed by atoms with Crippen LogP contribution < -0.4 is 9.67 Å². The first-order valence-electron chi connectivity index (χ1n) is 6.73. The third kappa shape index (κ3) is 4.39. The van der Waals surface area contributed by atoms with Gasteiger partial charge in [-0.2, -0.15) is 0 Å². The Bertz CT molecular complexity index is 875. The van der Waals surface area contributed by atoms with Crippen LogP contribution in [0, 0.1) is 0 Å². The molecule has 132 valence electrons. The van der Waals surface area contributed by atoms with Crippen molar-refractivity contribution in [2.45, 2.75) is 6.92 Å². The van der Waals surface area contributed by atoms with Gasteiger partial charge in [0, 0.05) is 0 Å². The number of aromatic hydroxyl groups is 1. The fourth-order valence-corrected chi connectivity index (χ4v) is 4.86. The number of anilines is 1.